The van der Waals surface area contributed by atoms with Gasteiger partial charge in [0, 0.05) is 10.6 Å². The Bertz CT molecular complexity index is 1250. The summed E-state index contributed by atoms with van der Waals surface area (Å²) in [6, 6.07) is 19.2. The summed E-state index contributed by atoms with van der Waals surface area (Å²) in [6.45, 7) is 6.69. The third-order valence-electron chi connectivity index (χ3n) is 5.38. The van der Waals surface area contributed by atoms with Gasteiger partial charge in [-0.1, -0.05) is 55.8 Å². The first-order valence-electron chi connectivity index (χ1n) is 12.3. The lowest BCUT2D eigenvalue weighted by atomic mass is 10.0. The van der Waals surface area contributed by atoms with Crippen LogP contribution in [0.1, 0.15) is 48.7 Å². The number of hydrazone groups is 1. The molecule has 1 unspecified atom stereocenters. The highest BCUT2D eigenvalue weighted by Gasteiger charge is 2.22. The van der Waals surface area contributed by atoms with Gasteiger partial charge in [-0.2, -0.15) is 5.10 Å². The fourth-order valence-electron chi connectivity index (χ4n) is 3.59. The SMILES string of the molecule is CCOc1cc(C=NNC(=O)C(CC(C)C)NC(=O)c2ccc(Cl)cc2)cc(Br)c1OCc1ccccc1. The standard InChI is InChI=1S/C29H31BrClN3O4/c1-4-37-26-16-21(15-24(30)27(26)38-18-20-8-6-5-7-9-20)17-32-34-29(36)25(14-19(2)3)33-28(35)22-10-12-23(31)13-11-22/h5-13,15-17,19,25H,4,14,18H2,1-3H3,(H,33,35)(H,34,36). The Morgan fingerprint density at radius 3 is 2.42 bits per heavy atom. The van der Waals surface area contributed by atoms with Gasteiger partial charge in [-0.05, 0) is 82.7 Å². The zero-order valence-electron chi connectivity index (χ0n) is 21.5. The van der Waals surface area contributed by atoms with Crippen LogP contribution in [0.5, 0.6) is 11.5 Å². The largest absolute Gasteiger partial charge is 0.490 e. The molecule has 3 aromatic rings. The van der Waals surface area contributed by atoms with Crippen LogP contribution in [0, 0.1) is 5.92 Å². The minimum atomic E-state index is -0.755. The van der Waals surface area contributed by atoms with Crippen LogP contribution in [0.25, 0.3) is 0 Å². The average Bonchev–Trinajstić information content (AvgIpc) is 2.88. The summed E-state index contributed by atoms with van der Waals surface area (Å²) in [5.41, 5.74) is 4.69. The number of carbonyl (C=O) groups excluding carboxylic acids is 2. The van der Waals surface area contributed by atoms with Crippen molar-refractivity contribution in [1.82, 2.24) is 10.7 Å². The highest BCUT2D eigenvalue weighted by atomic mass is 79.9. The Balaban J connectivity index is 1.68. The molecule has 0 aliphatic carbocycles. The number of benzene rings is 3. The molecule has 0 aromatic heterocycles. The van der Waals surface area contributed by atoms with Gasteiger partial charge in [0.2, 0.25) is 0 Å². The summed E-state index contributed by atoms with van der Waals surface area (Å²) in [5.74, 6) is 0.540. The fourth-order valence-corrected chi connectivity index (χ4v) is 4.29. The van der Waals surface area contributed by atoms with Crippen molar-refractivity contribution in [2.24, 2.45) is 11.0 Å². The number of ether oxygens (including phenoxy) is 2. The van der Waals surface area contributed by atoms with Crippen LogP contribution in [-0.4, -0.2) is 30.7 Å². The third-order valence-corrected chi connectivity index (χ3v) is 6.22. The van der Waals surface area contributed by atoms with E-state index in [0.29, 0.717) is 51.8 Å². The van der Waals surface area contributed by atoms with Crippen LogP contribution in [-0.2, 0) is 11.4 Å². The molecular formula is C29H31BrClN3O4. The van der Waals surface area contributed by atoms with E-state index in [-0.39, 0.29) is 11.8 Å². The Morgan fingerprint density at radius 2 is 1.76 bits per heavy atom. The van der Waals surface area contributed by atoms with Crippen molar-refractivity contribution in [2.45, 2.75) is 39.8 Å². The fraction of sp³-hybridized carbons (Fsp3) is 0.276. The van der Waals surface area contributed by atoms with Crippen LogP contribution >= 0.6 is 27.5 Å². The van der Waals surface area contributed by atoms with E-state index >= 15 is 0 Å². The number of amides is 2. The Hall–Kier alpha value is -3.36. The normalized spacial score (nSPS) is 11.8. The summed E-state index contributed by atoms with van der Waals surface area (Å²) in [5, 5.41) is 7.44. The van der Waals surface area contributed by atoms with Crippen molar-refractivity contribution >= 4 is 45.6 Å². The van der Waals surface area contributed by atoms with Crippen molar-refractivity contribution in [1.29, 1.82) is 0 Å². The third kappa shape index (κ3) is 8.89. The molecule has 0 spiro atoms. The van der Waals surface area contributed by atoms with Crippen molar-refractivity contribution in [3.63, 3.8) is 0 Å². The highest BCUT2D eigenvalue weighted by molar-refractivity contribution is 9.10. The molecule has 2 N–H and O–H groups in total. The minimum Gasteiger partial charge on any atom is -0.490 e. The summed E-state index contributed by atoms with van der Waals surface area (Å²) in [4.78, 5) is 25.5. The maximum absolute atomic E-state index is 12.9. The van der Waals surface area contributed by atoms with Gasteiger partial charge in [-0.25, -0.2) is 5.43 Å². The molecule has 0 radical (unpaired) electrons. The number of nitrogens with one attached hydrogen (secondary N) is 2. The smallest absolute Gasteiger partial charge is 0.262 e. The number of carbonyl (C=O) groups is 2. The second-order valence-electron chi connectivity index (χ2n) is 8.93. The molecule has 9 heteroatoms. The molecule has 7 nitrogen and oxygen atoms in total. The zero-order valence-corrected chi connectivity index (χ0v) is 23.9. The van der Waals surface area contributed by atoms with Gasteiger partial charge in [0.1, 0.15) is 12.6 Å². The van der Waals surface area contributed by atoms with E-state index in [9.17, 15) is 9.59 Å². The molecule has 0 fully saturated rings. The summed E-state index contributed by atoms with van der Waals surface area (Å²) in [6.07, 6.45) is 1.97. The maximum atomic E-state index is 12.9. The molecule has 200 valence electrons. The average molecular weight is 601 g/mol. The predicted octanol–water partition coefficient (Wildman–Crippen LogP) is 6.38. The van der Waals surface area contributed by atoms with Gasteiger partial charge in [0.25, 0.3) is 11.8 Å². The summed E-state index contributed by atoms with van der Waals surface area (Å²) < 4.78 is 12.5. The Kier molecular flexibility index (Phi) is 11.2. The van der Waals surface area contributed by atoms with Gasteiger partial charge in [0.15, 0.2) is 11.5 Å². The minimum absolute atomic E-state index is 0.174. The van der Waals surface area contributed by atoms with Crippen LogP contribution in [0.4, 0.5) is 0 Å². The second-order valence-corrected chi connectivity index (χ2v) is 10.2. The summed E-state index contributed by atoms with van der Waals surface area (Å²) >= 11 is 9.46. The molecule has 0 saturated heterocycles. The highest BCUT2D eigenvalue weighted by Crippen LogP contribution is 2.37. The first kappa shape index (κ1) is 29.2. The first-order chi connectivity index (χ1) is 18.3. The lowest BCUT2D eigenvalue weighted by molar-refractivity contribution is -0.123. The second kappa shape index (κ2) is 14.5. The quantitative estimate of drug-likeness (QED) is 0.187. The van der Waals surface area contributed by atoms with Gasteiger partial charge >= 0.3 is 0 Å². The summed E-state index contributed by atoms with van der Waals surface area (Å²) in [7, 11) is 0. The molecule has 0 saturated carbocycles. The van der Waals surface area contributed by atoms with Crippen molar-refractivity contribution in [2.75, 3.05) is 6.61 Å². The molecule has 0 bridgehead atoms. The lowest BCUT2D eigenvalue weighted by Crippen LogP contribution is -2.46. The first-order valence-corrected chi connectivity index (χ1v) is 13.5. The molecule has 2 amide bonds. The van der Waals surface area contributed by atoms with Crippen molar-refractivity contribution in [3.8, 4) is 11.5 Å². The van der Waals surface area contributed by atoms with E-state index in [0.717, 1.165) is 5.56 Å². The van der Waals surface area contributed by atoms with E-state index in [1.165, 1.54) is 6.21 Å². The number of halogens is 2. The number of hydrogen-bond donors (Lipinski definition) is 2. The predicted molar refractivity (Wildman–Crippen MR) is 154 cm³/mol. The lowest BCUT2D eigenvalue weighted by Gasteiger charge is -2.19. The molecule has 0 aliphatic rings. The van der Waals surface area contributed by atoms with Gasteiger partial charge in [-0.3, -0.25) is 9.59 Å². The Morgan fingerprint density at radius 1 is 1.05 bits per heavy atom. The molecular weight excluding hydrogens is 570 g/mol. The van der Waals surface area contributed by atoms with Crippen molar-refractivity contribution < 1.29 is 19.1 Å². The van der Waals surface area contributed by atoms with Gasteiger partial charge in [-0.15, -0.1) is 0 Å². The number of hydrogen-bond acceptors (Lipinski definition) is 5. The van der Waals surface area contributed by atoms with Crippen LogP contribution in [0.3, 0.4) is 0 Å². The molecule has 1 atom stereocenters. The molecule has 0 heterocycles. The van der Waals surface area contributed by atoms with Crippen molar-refractivity contribution in [3.05, 3.63) is 92.9 Å². The number of nitrogens with zero attached hydrogens (tertiary/aromatic N) is 1. The van der Waals surface area contributed by atoms with Crippen LogP contribution < -0.4 is 20.2 Å². The monoisotopic (exact) mass is 599 g/mol. The molecule has 0 aliphatic heterocycles. The molecule has 3 rings (SSSR count). The van der Waals surface area contributed by atoms with E-state index in [1.54, 1.807) is 30.3 Å². The van der Waals surface area contributed by atoms with Gasteiger partial charge < -0.3 is 14.8 Å². The van der Waals surface area contributed by atoms with E-state index in [2.05, 4.69) is 31.8 Å². The molecule has 3 aromatic carbocycles. The van der Waals surface area contributed by atoms with Crippen LogP contribution in [0.15, 0.2) is 76.3 Å². The topological polar surface area (TPSA) is 89.0 Å². The maximum Gasteiger partial charge on any atom is 0.262 e. The number of rotatable bonds is 12. The van der Waals surface area contributed by atoms with Crippen LogP contribution in [0.2, 0.25) is 5.02 Å². The van der Waals surface area contributed by atoms with E-state index in [4.69, 9.17) is 21.1 Å². The zero-order chi connectivity index (χ0) is 27.5. The van der Waals surface area contributed by atoms with E-state index in [1.807, 2.05) is 57.2 Å². The Labute approximate surface area is 236 Å². The van der Waals surface area contributed by atoms with Gasteiger partial charge in [0.05, 0.1) is 17.3 Å². The molecule has 38 heavy (non-hydrogen) atoms. The van der Waals surface area contributed by atoms with E-state index < -0.39 is 11.9 Å².